The number of aryl methyl sites for hydroxylation is 1. The van der Waals surface area contributed by atoms with Crippen LogP contribution in [-0.4, -0.2) is 23.9 Å². The monoisotopic (exact) mass is 297 g/mol. The van der Waals surface area contributed by atoms with Gasteiger partial charge in [0.15, 0.2) is 0 Å². The van der Waals surface area contributed by atoms with Gasteiger partial charge in [-0.3, -0.25) is 4.79 Å². The molecule has 2 rings (SSSR count). The van der Waals surface area contributed by atoms with Crippen LogP contribution in [0.3, 0.4) is 0 Å². The van der Waals surface area contributed by atoms with Crippen molar-refractivity contribution in [1.82, 2.24) is 4.90 Å². The van der Waals surface area contributed by atoms with Gasteiger partial charge in [-0.25, -0.2) is 0 Å². The van der Waals surface area contributed by atoms with Crippen LogP contribution in [0.5, 0.6) is 0 Å². The Hall–Kier alpha value is -0.830. The Morgan fingerprint density at radius 2 is 1.75 bits per heavy atom. The van der Waals surface area contributed by atoms with E-state index in [-0.39, 0.29) is 5.91 Å². The topological polar surface area (TPSA) is 20.3 Å². The number of thiophene rings is 1. The summed E-state index contributed by atoms with van der Waals surface area (Å²) < 4.78 is 0. The van der Waals surface area contributed by atoms with Crippen LogP contribution >= 0.6 is 11.3 Å². The molecule has 1 aromatic rings. The van der Waals surface area contributed by atoms with E-state index >= 15 is 0 Å². The Kier molecular flexibility index (Phi) is 9.56. The summed E-state index contributed by atoms with van der Waals surface area (Å²) in [5.41, 5.74) is 0. The zero-order chi connectivity index (χ0) is 15.7. The van der Waals surface area contributed by atoms with Crippen molar-refractivity contribution >= 4 is 17.2 Å². The second-order valence-corrected chi connectivity index (χ2v) is 6.19. The van der Waals surface area contributed by atoms with E-state index in [4.69, 9.17) is 0 Å². The van der Waals surface area contributed by atoms with E-state index < -0.39 is 0 Å². The maximum Gasteiger partial charge on any atom is 0.263 e. The summed E-state index contributed by atoms with van der Waals surface area (Å²) in [6.45, 7) is 16.4. The molecule has 2 heterocycles. The fraction of sp³-hybridized carbons (Fsp3) is 0.706. The predicted octanol–water partition coefficient (Wildman–Crippen LogP) is 5.23. The smallest absolute Gasteiger partial charge is 0.263 e. The van der Waals surface area contributed by atoms with Crippen LogP contribution in [0, 0.1) is 18.8 Å². The molecule has 0 saturated carbocycles. The molecular formula is C17H31NOS. The van der Waals surface area contributed by atoms with Crippen LogP contribution in [0.25, 0.3) is 0 Å². The molecular weight excluding hydrogens is 266 g/mol. The summed E-state index contributed by atoms with van der Waals surface area (Å²) in [7, 11) is 0. The number of piperidine rings is 1. The predicted molar refractivity (Wildman–Crippen MR) is 90.6 cm³/mol. The van der Waals surface area contributed by atoms with Crippen molar-refractivity contribution in [3.63, 3.8) is 0 Å². The van der Waals surface area contributed by atoms with Gasteiger partial charge in [0.25, 0.3) is 5.91 Å². The van der Waals surface area contributed by atoms with Crippen LogP contribution in [0.15, 0.2) is 12.1 Å². The highest BCUT2D eigenvalue weighted by atomic mass is 32.1. The molecule has 0 bridgehead atoms. The number of hydrogen-bond donors (Lipinski definition) is 0. The second-order valence-electron chi connectivity index (χ2n) is 4.90. The van der Waals surface area contributed by atoms with Crippen molar-refractivity contribution < 1.29 is 4.79 Å². The number of likely N-dealkylation sites (tertiary alicyclic amines) is 1. The summed E-state index contributed by atoms with van der Waals surface area (Å²) in [6, 6.07) is 3.97. The average molecular weight is 298 g/mol. The molecule has 2 nitrogen and oxygen atoms in total. The van der Waals surface area contributed by atoms with E-state index in [2.05, 4.69) is 13.8 Å². The minimum absolute atomic E-state index is 0.219. The van der Waals surface area contributed by atoms with E-state index in [0.717, 1.165) is 30.3 Å². The highest BCUT2D eigenvalue weighted by molar-refractivity contribution is 7.13. The van der Waals surface area contributed by atoms with Gasteiger partial charge >= 0.3 is 0 Å². The number of amides is 1. The fourth-order valence-corrected chi connectivity index (χ4v) is 2.99. The lowest BCUT2D eigenvalue weighted by molar-refractivity contribution is 0.0632. The Labute approximate surface area is 129 Å². The summed E-state index contributed by atoms with van der Waals surface area (Å²) in [4.78, 5) is 16.3. The fourth-order valence-electron chi connectivity index (χ4n) is 2.15. The van der Waals surface area contributed by atoms with E-state index in [1.165, 1.54) is 4.88 Å². The maximum absolute atomic E-state index is 12.2. The molecule has 0 N–H and O–H groups in total. The average Bonchev–Trinajstić information content (AvgIpc) is 2.92. The Bertz CT molecular complexity index is 386. The molecule has 20 heavy (non-hydrogen) atoms. The molecule has 1 fully saturated rings. The molecule has 2 unspecified atom stereocenters. The first-order chi connectivity index (χ1) is 9.58. The number of carbonyl (C=O) groups is 1. The third-order valence-electron chi connectivity index (χ3n) is 3.57. The normalized spacial score (nSPS) is 21.2. The molecule has 0 spiro atoms. The molecule has 1 aliphatic heterocycles. The molecule has 116 valence electrons. The SMILES string of the molecule is CC.CC.Cc1ccc(C(=O)N2CCC(C)C(C)C2)s1. The quantitative estimate of drug-likeness (QED) is 0.695. The van der Waals surface area contributed by atoms with Crippen molar-refractivity contribution in [3.8, 4) is 0 Å². The van der Waals surface area contributed by atoms with E-state index in [9.17, 15) is 4.79 Å². The van der Waals surface area contributed by atoms with Crippen molar-refractivity contribution in [2.24, 2.45) is 11.8 Å². The van der Waals surface area contributed by atoms with Gasteiger partial charge in [-0.15, -0.1) is 11.3 Å². The zero-order valence-corrected chi connectivity index (χ0v) is 15.0. The first kappa shape index (κ1) is 19.2. The van der Waals surface area contributed by atoms with E-state index in [0.29, 0.717) is 5.92 Å². The third kappa shape index (κ3) is 5.28. The van der Waals surface area contributed by atoms with Crippen molar-refractivity contribution in [1.29, 1.82) is 0 Å². The minimum Gasteiger partial charge on any atom is -0.338 e. The van der Waals surface area contributed by atoms with Crippen LogP contribution < -0.4 is 0 Å². The van der Waals surface area contributed by atoms with Crippen LogP contribution in [-0.2, 0) is 0 Å². The van der Waals surface area contributed by atoms with Crippen LogP contribution in [0.2, 0.25) is 0 Å². The van der Waals surface area contributed by atoms with E-state index in [1.54, 1.807) is 11.3 Å². The first-order valence-electron chi connectivity index (χ1n) is 7.93. The molecule has 0 aliphatic carbocycles. The number of hydrogen-bond acceptors (Lipinski definition) is 2. The molecule has 1 aromatic heterocycles. The van der Waals surface area contributed by atoms with Gasteiger partial charge in [0.1, 0.15) is 0 Å². The zero-order valence-electron chi connectivity index (χ0n) is 14.2. The number of carbonyl (C=O) groups excluding carboxylic acids is 1. The Morgan fingerprint density at radius 1 is 1.15 bits per heavy atom. The lowest BCUT2D eigenvalue weighted by atomic mass is 9.88. The molecule has 0 aromatic carbocycles. The summed E-state index contributed by atoms with van der Waals surface area (Å²) >= 11 is 1.60. The molecule has 1 amide bonds. The van der Waals surface area contributed by atoms with Crippen LogP contribution in [0.4, 0.5) is 0 Å². The summed E-state index contributed by atoms with van der Waals surface area (Å²) in [5, 5.41) is 0. The highest BCUT2D eigenvalue weighted by Crippen LogP contribution is 2.25. The van der Waals surface area contributed by atoms with Crippen LogP contribution in [0.1, 0.15) is 62.5 Å². The van der Waals surface area contributed by atoms with Gasteiger partial charge in [0.05, 0.1) is 4.88 Å². The largest absolute Gasteiger partial charge is 0.338 e. The van der Waals surface area contributed by atoms with Gasteiger partial charge < -0.3 is 4.90 Å². The lowest BCUT2D eigenvalue weighted by Crippen LogP contribution is -2.41. The molecule has 0 radical (unpaired) electrons. The summed E-state index contributed by atoms with van der Waals surface area (Å²) in [5.74, 6) is 1.59. The van der Waals surface area contributed by atoms with Crippen molar-refractivity contribution in [2.75, 3.05) is 13.1 Å². The highest BCUT2D eigenvalue weighted by Gasteiger charge is 2.26. The van der Waals surface area contributed by atoms with Gasteiger partial charge in [-0.2, -0.15) is 0 Å². The standard InChI is InChI=1S/C13H19NOS.2C2H6/c1-9-6-7-14(8-10(9)2)13(15)12-5-4-11(3)16-12;2*1-2/h4-5,9-10H,6-8H2,1-3H3;2*1-2H3. The van der Waals surface area contributed by atoms with Crippen molar-refractivity contribution in [2.45, 2.75) is 54.9 Å². The number of rotatable bonds is 1. The Balaban J connectivity index is 0.000000829. The van der Waals surface area contributed by atoms with Gasteiger partial charge in [-0.05, 0) is 37.3 Å². The van der Waals surface area contributed by atoms with Gasteiger partial charge in [0.2, 0.25) is 0 Å². The summed E-state index contributed by atoms with van der Waals surface area (Å²) in [6.07, 6.45) is 1.14. The minimum atomic E-state index is 0.219. The van der Waals surface area contributed by atoms with E-state index in [1.807, 2.05) is 51.7 Å². The maximum atomic E-state index is 12.2. The van der Waals surface area contributed by atoms with Gasteiger partial charge in [-0.1, -0.05) is 41.5 Å². The Morgan fingerprint density at radius 3 is 2.20 bits per heavy atom. The van der Waals surface area contributed by atoms with Gasteiger partial charge in [0, 0.05) is 18.0 Å². The number of nitrogens with zero attached hydrogens (tertiary/aromatic N) is 1. The molecule has 1 saturated heterocycles. The van der Waals surface area contributed by atoms with Crippen molar-refractivity contribution in [3.05, 3.63) is 21.9 Å². The first-order valence-corrected chi connectivity index (χ1v) is 8.75. The second kappa shape index (κ2) is 9.98. The molecule has 3 heteroatoms. The third-order valence-corrected chi connectivity index (χ3v) is 4.56. The molecule has 2 atom stereocenters. The lowest BCUT2D eigenvalue weighted by Gasteiger charge is -2.35. The molecule has 1 aliphatic rings.